The van der Waals surface area contributed by atoms with Crippen LogP contribution in [0.3, 0.4) is 0 Å². The Labute approximate surface area is 219 Å². The third kappa shape index (κ3) is 5.67. The number of rotatable bonds is 8. The maximum atomic E-state index is 12.5. The van der Waals surface area contributed by atoms with Crippen LogP contribution in [0.4, 0.5) is 10.1 Å². The Balaban J connectivity index is 1.49. The van der Waals surface area contributed by atoms with E-state index in [9.17, 15) is 4.39 Å². The molecule has 1 saturated heterocycles. The lowest BCUT2D eigenvalue weighted by Crippen LogP contribution is -2.26. The highest BCUT2D eigenvalue weighted by Gasteiger charge is 2.24. The van der Waals surface area contributed by atoms with E-state index in [0.717, 1.165) is 62.5 Å². The number of ether oxygens (including phenoxy) is 2. The number of aryl methyl sites for hydroxylation is 2. The van der Waals surface area contributed by atoms with Crippen LogP contribution in [0.25, 0.3) is 11.1 Å². The van der Waals surface area contributed by atoms with E-state index in [1.165, 1.54) is 39.0 Å². The minimum absolute atomic E-state index is 0.156. The molecule has 5 rings (SSSR count). The van der Waals surface area contributed by atoms with Gasteiger partial charge in [0.15, 0.2) is 0 Å². The van der Waals surface area contributed by atoms with Crippen molar-refractivity contribution in [1.82, 2.24) is 4.90 Å². The standard InChI is InChI=1S/C32H37FN2O2/c1-22-19-27(36-2)12-14-29(22)31-6-3-5-24-20-25(34)9-13-30(24)32(31)23-7-10-26(11-8-23)37-28-15-18-35(21-28)17-4-16-33/h7-14,19-20,28H,3-6,15-18,21,34H2,1-2H3/t28-/m0/s1. The van der Waals surface area contributed by atoms with Crippen LogP contribution in [0.15, 0.2) is 60.7 Å². The molecule has 1 atom stereocenters. The number of alkyl halides is 1. The van der Waals surface area contributed by atoms with E-state index in [2.05, 4.69) is 66.4 Å². The van der Waals surface area contributed by atoms with Gasteiger partial charge in [0, 0.05) is 25.3 Å². The molecular weight excluding hydrogens is 463 g/mol. The molecule has 1 fully saturated rings. The van der Waals surface area contributed by atoms with Crippen LogP contribution >= 0.6 is 0 Å². The summed E-state index contributed by atoms with van der Waals surface area (Å²) >= 11 is 0. The van der Waals surface area contributed by atoms with E-state index in [4.69, 9.17) is 15.2 Å². The molecule has 3 aromatic rings. The number of nitrogen functional groups attached to an aromatic ring is 1. The Morgan fingerprint density at radius 2 is 1.76 bits per heavy atom. The summed E-state index contributed by atoms with van der Waals surface area (Å²) in [4.78, 5) is 2.29. The number of benzene rings is 3. The number of halogens is 1. The molecule has 37 heavy (non-hydrogen) atoms. The summed E-state index contributed by atoms with van der Waals surface area (Å²) in [6, 6.07) is 21.2. The molecule has 0 unspecified atom stereocenters. The summed E-state index contributed by atoms with van der Waals surface area (Å²) in [6.07, 6.45) is 4.80. The van der Waals surface area contributed by atoms with Crippen molar-refractivity contribution < 1.29 is 13.9 Å². The van der Waals surface area contributed by atoms with Crippen molar-refractivity contribution in [2.75, 3.05) is 39.2 Å². The van der Waals surface area contributed by atoms with Crippen molar-refractivity contribution in [3.8, 4) is 11.5 Å². The fourth-order valence-electron chi connectivity index (χ4n) is 5.78. The molecule has 1 aliphatic heterocycles. The number of anilines is 1. The van der Waals surface area contributed by atoms with Gasteiger partial charge < -0.3 is 15.2 Å². The van der Waals surface area contributed by atoms with Gasteiger partial charge in [-0.3, -0.25) is 9.29 Å². The molecule has 194 valence electrons. The third-order valence-electron chi connectivity index (χ3n) is 7.61. The quantitative estimate of drug-likeness (QED) is 0.350. The summed E-state index contributed by atoms with van der Waals surface area (Å²) < 4.78 is 24.3. The number of fused-ring (bicyclic) bond motifs is 1. The second kappa shape index (κ2) is 11.4. The molecule has 3 aromatic carbocycles. The molecule has 0 spiro atoms. The first kappa shape index (κ1) is 25.3. The number of methoxy groups -OCH3 is 1. The van der Waals surface area contributed by atoms with E-state index in [1.54, 1.807) is 7.11 Å². The predicted octanol–water partition coefficient (Wildman–Crippen LogP) is 6.69. The van der Waals surface area contributed by atoms with Gasteiger partial charge in [0.1, 0.15) is 17.6 Å². The van der Waals surface area contributed by atoms with Crippen molar-refractivity contribution in [2.45, 2.75) is 45.1 Å². The van der Waals surface area contributed by atoms with Crippen LogP contribution in [0, 0.1) is 6.92 Å². The fourth-order valence-corrected chi connectivity index (χ4v) is 5.78. The van der Waals surface area contributed by atoms with E-state index >= 15 is 0 Å². The topological polar surface area (TPSA) is 47.7 Å². The number of hydrogen-bond acceptors (Lipinski definition) is 4. The monoisotopic (exact) mass is 500 g/mol. The number of hydrogen-bond donors (Lipinski definition) is 1. The molecule has 4 nitrogen and oxygen atoms in total. The van der Waals surface area contributed by atoms with Crippen molar-refractivity contribution in [2.24, 2.45) is 0 Å². The lowest BCUT2D eigenvalue weighted by Gasteiger charge is -2.20. The molecular formula is C32H37FN2O2. The Morgan fingerprint density at radius 1 is 0.973 bits per heavy atom. The molecule has 0 radical (unpaired) electrons. The SMILES string of the molecule is COc1ccc(C2=C(c3ccc(O[C@H]4CCN(CCCF)C4)cc3)c3ccc(N)cc3CCC2)c(C)c1. The summed E-state index contributed by atoms with van der Waals surface area (Å²) in [6.45, 7) is 4.55. The first-order chi connectivity index (χ1) is 18.1. The number of allylic oxidation sites excluding steroid dienone is 1. The van der Waals surface area contributed by atoms with Crippen LogP contribution in [0.1, 0.15) is 53.5 Å². The van der Waals surface area contributed by atoms with E-state index < -0.39 is 0 Å². The highest BCUT2D eigenvalue weighted by atomic mass is 19.1. The molecule has 1 heterocycles. The largest absolute Gasteiger partial charge is 0.497 e. The second-order valence-corrected chi connectivity index (χ2v) is 10.2. The van der Waals surface area contributed by atoms with Crippen LogP contribution in [-0.4, -0.2) is 44.4 Å². The molecule has 0 amide bonds. The van der Waals surface area contributed by atoms with Crippen molar-refractivity contribution >= 4 is 16.8 Å². The van der Waals surface area contributed by atoms with Gasteiger partial charge in [-0.2, -0.15) is 0 Å². The van der Waals surface area contributed by atoms with Crippen LogP contribution in [-0.2, 0) is 6.42 Å². The smallest absolute Gasteiger partial charge is 0.119 e. The molecule has 0 aromatic heterocycles. The zero-order valence-corrected chi connectivity index (χ0v) is 21.9. The van der Waals surface area contributed by atoms with Crippen molar-refractivity contribution in [3.63, 3.8) is 0 Å². The lowest BCUT2D eigenvalue weighted by atomic mass is 9.86. The summed E-state index contributed by atoms with van der Waals surface area (Å²) in [5.74, 6) is 1.76. The van der Waals surface area contributed by atoms with Gasteiger partial charge in [0.2, 0.25) is 0 Å². The van der Waals surface area contributed by atoms with Crippen molar-refractivity contribution in [1.29, 1.82) is 0 Å². The number of nitrogens with two attached hydrogens (primary N) is 1. The van der Waals surface area contributed by atoms with Crippen molar-refractivity contribution in [3.05, 3.63) is 88.5 Å². The summed E-state index contributed by atoms with van der Waals surface area (Å²) in [7, 11) is 1.71. The highest BCUT2D eigenvalue weighted by molar-refractivity contribution is 6.00. The highest BCUT2D eigenvalue weighted by Crippen LogP contribution is 2.42. The summed E-state index contributed by atoms with van der Waals surface area (Å²) in [5.41, 5.74) is 15.8. The first-order valence-electron chi connectivity index (χ1n) is 13.4. The zero-order valence-electron chi connectivity index (χ0n) is 21.9. The third-order valence-corrected chi connectivity index (χ3v) is 7.61. The lowest BCUT2D eigenvalue weighted by molar-refractivity contribution is 0.198. The normalized spacial score (nSPS) is 18.0. The number of likely N-dealkylation sites (tertiary alicyclic amines) is 1. The average molecular weight is 501 g/mol. The van der Waals surface area contributed by atoms with Crippen LogP contribution in [0.2, 0.25) is 0 Å². The molecule has 5 heteroatoms. The first-order valence-corrected chi connectivity index (χ1v) is 13.4. The van der Waals surface area contributed by atoms with E-state index in [-0.39, 0.29) is 12.8 Å². The maximum absolute atomic E-state index is 12.5. The Kier molecular flexibility index (Phi) is 7.80. The maximum Gasteiger partial charge on any atom is 0.119 e. The Hall–Kier alpha value is -3.31. The number of nitrogens with zero attached hydrogens (tertiary/aromatic N) is 1. The fraction of sp³-hybridized carbons (Fsp3) is 0.375. The predicted molar refractivity (Wildman–Crippen MR) is 150 cm³/mol. The minimum Gasteiger partial charge on any atom is -0.497 e. The molecule has 2 N–H and O–H groups in total. The van der Waals surface area contributed by atoms with Gasteiger partial charge >= 0.3 is 0 Å². The van der Waals surface area contributed by atoms with E-state index in [1.807, 2.05) is 6.07 Å². The van der Waals surface area contributed by atoms with Gasteiger partial charge in [-0.1, -0.05) is 24.3 Å². The van der Waals surface area contributed by atoms with Gasteiger partial charge in [-0.15, -0.1) is 0 Å². The second-order valence-electron chi connectivity index (χ2n) is 10.2. The van der Waals surface area contributed by atoms with Gasteiger partial charge in [-0.25, -0.2) is 0 Å². The molecule has 0 saturated carbocycles. The average Bonchev–Trinajstić information content (AvgIpc) is 3.27. The van der Waals surface area contributed by atoms with E-state index in [0.29, 0.717) is 6.42 Å². The van der Waals surface area contributed by atoms with Crippen LogP contribution < -0.4 is 15.2 Å². The minimum atomic E-state index is -0.257. The Morgan fingerprint density at radius 3 is 2.51 bits per heavy atom. The van der Waals surface area contributed by atoms with Crippen LogP contribution in [0.5, 0.6) is 11.5 Å². The molecule has 2 aliphatic rings. The Bertz CT molecular complexity index is 1270. The van der Waals surface area contributed by atoms with Gasteiger partial charge in [0.25, 0.3) is 0 Å². The van der Waals surface area contributed by atoms with Gasteiger partial charge in [-0.05, 0) is 114 Å². The zero-order chi connectivity index (χ0) is 25.8. The van der Waals surface area contributed by atoms with Gasteiger partial charge in [0.05, 0.1) is 13.8 Å². The summed E-state index contributed by atoms with van der Waals surface area (Å²) in [5, 5.41) is 0. The molecule has 1 aliphatic carbocycles. The molecule has 0 bridgehead atoms.